The molecule has 1 aromatic rings. The molecule has 0 amide bonds. The van der Waals surface area contributed by atoms with Gasteiger partial charge in [-0.15, -0.1) is 0 Å². The Morgan fingerprint density at radius 1 is 1.28 bits per heavy atom. The van der Waals surface area contributed by atoms with Crippen LogP contribution in [0.25, 0.3) is 0 Å². The highest BCUT2D eigenvalue weighted by Gasteiger charge is 2.22. The molecule has 0 bridgehead atoms. The van der Waals surface area contributed by atoms with Crippen LogP contribution in [0.3, 0.4) is 0 Å². The summed E-state index contributed by atoms with van der Waals surface area (Å²) in [5, 5.41) is 3.37. The fourth-order valence-electron chi connectivity index (χ4n) is 3.38. The SMILES string of the molecule is O=C(CC1CCCC1)c1cccc2c1CCNC2. The number of hydrogen-bond acceptors (Lipinski definition) is 2. The van der Waals surface area contributed by atoms with E-state index in [9.17, 15) is 4.79 Å². The maximum Gasteiger partial charge on any atom is 0.163 e. The van der Waals surface area contributed by atoms with Crippen molar-refractivity contribution >= 4 is 5.78 Å². The zero-order chi connectivity index (χ0) is 12.4. The molecule has 1 N–H and O–H groups in total. The van der Waals surface area contributed by atoms with Crippen LogP contribution >= 0.6 is 0 Å². The maximum atomic E-state index is 12.5. The third-order valence-electron chi connectivity index (χ3n) is 4.39. The van der Waals surface area contributed by atoms with Gasteiger partial charge >= 0.3 is 0 Å². The molecule has 96 valence electrons. The average molecular weight is 243 g/mol. The van der Waals surface area contributed by atoms with Crippen LogP contribution in [0.2, 0.25) is 0 Å². The number of hydrogen-bond donors (Lipinski definition) is 1. The van der Waals surface area contributed by atoms with E-state index < -0.39 is 0 Å². The van der Waals surface area contributed by atoms with Crippen molar-refractivity contribution in [2.24, 2.45) is 5.92 Å². The Balaban J connectivity index is 1.80. The Morgan fingerprint density at radius 3 is 2.94 bits per heavy atom. The molecule has 1 aromatic carbocycles. The molecule has 0 unspecified atom stereocenters. The number of benzene rings is 1. The van der Waals surface area contributed by atoms with E-state index in [0.29, 0.717) is 11.7 Å². The van der Waals surface area contributed by atoms with Gasteiger partial charge in [-0.2, -0.15) is 0 Å². The van der Waals surface area contributed by atoms with E-state index in [2.05, 4.69) is 11.4 Å². The largest absolute Gasteiger partial charge is 0.312 e. The van der Waals surface area contributed by atoms with Crippen molar-refractivity contribution in [1.82, 2.24) is 5.32 Å². The summed E-state index contributed by atoms with van der Waals surface area (Å²) in [5.74, 6) is 1.02. The number of carbonyl (C=O) groups is 1. The van der Waals surface area contributed by atoms with E-state index in [1.807, 2.05) is 12.1 Å². The Morgan fingerprint density at radius 2 is 2.11 bits per heavy atom. The van der Waals surface area contributed by atoms with Crippen molar-refractivity contribution in [2.75, 3.05) is 6.54 Å². The van der Waals surface area contributed by atoms with Crippen LogP contribution in [0.4, 0.5) is 0 Å². The van der Waals surface area contributed by atoms with Gasteiger partial charge in [0.1, 0.15) is 0 Å². The summed E-state index contributed by atoms with van der Waals surface area (Å²) in [6, 6.07) is 6.21. The van der Waals surface area contributed by atoms with Gasteiger partial charge < -0.3 is 5.32 Å². The lowest BCUT2D eigenvalue weighted by molar-refractivity contribution is 0.0961. The predicted octanol–water partition coefficient (Wildman–Crippen LogP) is 3.10. The lowest BCUT2D eigenvalue weighted by atomic mass is 9.89. The molecule has 0 atom stereocenters. The smallest absolute Gasteiger partial charge is 0.163 e. The van der Waals surface area contributed by atoms with Crippen LogP contribution in [0, 0.1) is 5.92 Å². The summed E-state index contributed by atoms with van der Waals surface area (Å²) in [5.41, 5.74) is 3.62. The third-order valence-corrected chi connectivity index (χ3v) is 4.39. The van der Waals surface area contributed by atoms with Gasteiger partial charge in [0.2, 0.25) is 0 Å². The van der Waals surface area contributed by atoms with Gasteiger partial charge in [-0.05, 0) is 30.0 Å². The van der Waals surface area contributed by atoms with E-state index in [1.54, 1.807) is 0 Å². The van der Waals surface area contributed by atoms with Crippen molar-refractivity contribution in [3.05, 3.63) is 34.9 Å². The molecule has 2 heteroatoms. The molecule has 0 saturated heterocycles. The standard InChI is InChI=1S/C16H21NO/c18-16(10-12-4-1-2-5-12)15-7-3-6-13-11-17-9-8-14(13)15/h3,6-7,12,17H,1-2,4-5,8-11H2. The molecule has 0 aromatic heterocycles. The molecule has 0 radical (unpaired) electrons. The lowest BCUT2D eigenvalue weighted by Crippen LogP contribution is -2.25. The molecule has 2 nitrogen and oxygen atoms in total. The summed E-state index contributed by atoms with van der Waals surface area (Å²) in [6.07, 6.45) is 6.90. The van der Waals surface area contributed by atoms with Gasteiger partial charge in [0.15, 0.2) is 5.78 Å². The van der Waals surface area contributed by atoms with Crippen molar-refractivity contribution < 1.29 is 4.79 Å². The molecular weight excluding hydrogens is 222 g/mol. The first-order valence-corrected chi connectivity index (χ1v) is 7.19. The maximum absolute atomic E-state index is 12.5. The fourth-order valence-corrected chi connectivity index (χ4v) is 3.38. The minimum atomic E-state index is 0.376. The summed E-state index contributed by atoms with van der Waals surface area (Å²) in [6.45, 7) is 1.92. The highest BCUT2D eigenvalue weighted by Crippen LogP contribution is 2.30. The van der Waals surface area contributed by atoms with Crippen LogP contribution in [0.5, 0.6) is 0 Å². The second-order valence-electron chi connectivity index (χ2n) is 5.65. The van der Waals surface area contributed by atoms with Crippen molar-refractivity contribution in [1.29, 1.82) is 0 Å². The van der Waals surface area contributed by atoms with Gasteiger partial charge in [0.25, 0.3) is 0 Å². The Kier molecular flexibility index (Phi) is 3.46. The van der Waals surface area contributed by atoms with E-state index >= 15 is 0 Å². The van der Waals surface area contributed by atoms with Crippen molar-refractivity contribution in [3.8, 4) is 0 Å². The molecule has 1 saturated carbocycles. The highest BCUT2D eigenvalue weighted by atomic mass is 16.1. The Hall–Kier alpha value is -1.15. The van der Waals surface area contributed by atoms with Crippen molar-refractivity contribution in [2.45, 2.75) is 45.1 Å². The van der Waals surface area contributed by atoms with Gasteiger partial charge in [0, 0.05) is 18.5 Å². The van der Waals surface area contributed by atoms with Crippen LogP contribution in [0.1, 0.15) is 53.6 Å². The average Bonchev–Trinajstić information content (AvgIpc) is 2.91. The minimum absolute atomic E-state index is 0.376. The van der Waals surface area contributed by atoms with Gasteiger partial charge in [-0.1, -0.05) is 43.9 Å². The third kappa shape index (κ3) is 2.35. The number of Topliss-reactive ketones (excluding diaryl/α,β-unsaturated/α-hetero) is 1. The summed E-state index contributed by atoms with van der Waals surface area (Å²) < 4.78 is 0. The zero-order valence-corrected chi connectivity index (χ0v) is 10.9. The first-order valence-electron chi connectivity index (χ1n) is 7.19. The molecule has 0 spiro atoms. The topological polar surface area (TPSA) is 29.1 Å². The molecule has 2 aliphatic rings. The van der Waals surface area contributed by atoms with Crippen LogP contribution in [0.15, 0.2) is 18.2 Å². The highest BCUT2D eigenvalue weighted by molar-refractivity contribution is 5.98. The molecule has 3 rings (SSSR count). The Bertz CT molecular complexity index is 446. The normalized spacial score (nSPS) is 19.8. The lowest BCUT2D eigenvalue weighted by Gasteiger charge is -2.20. The van der Waals surface area contributed by atoms with Crippen LogP contribution < -0.4 is 5.32 Å². The molecule has 1 heterocycles. The van der Waals surface area contributed by atoms with Gasteiger partial charge in [-0.3, -0.25) is 4.79 Å². The quantitative estimate of drug-likeness (QED) is 0.827. The second kappa shape index (κ2) is 5.23. The van der Waals surface area contributed by atoms with Crippen molar-refractivity contribution in [3.63, 3.8) is 0 Å². The first kappa shape index (κ1) is 11.9. The molecule has 18 heavy (non-hydrogen) atoms. The number of rotatable bonds is 3. The zero-order valence-electron chi connectivity index (χ0n) is 10.9. The monoisotopic (exact) mass is 243 g/mol. The minimum Gasteiger partial charge on any atom is -0.312 e. The fraction of sp³-hybridized carbons (Fsp3) is 0.562. The summed E-state index contributed by atoms with van der Waals surface area (Å²) in [4.78, 5) is 12.5. The number of ketones is 1. The second-order valence-corrected chi connectivity index (χ2v) is 5.65. The molecular formula is C16H21NO. The van der Waals surface area contributed by atoms with E-state index in [4.69, 9.17) is 0 Å². The van der Waals surface area contributed by atoms with E-state index in [1.165, 1.54) is 36.8 Å². The first-order chi connectivity index (χ1) is 8.84. The molecule has 1 fully saturated rings. The van der Waals surface area contributed by atoms with E-state index in [-0.39, 0.29) is 0 Å². The summed E-state index contributed by atoms with van der Waals surface area (Å²) in [7, 11) is 0. The predicted molar refractivity (Wildman–Crippen MR) is 72.8 cm³/mol. The number of nitrogens with one attached hydrogen (secondary N) is 1. The Labute approximate surface area is 109 Å². The molecule has 1 aliphatic carbocycles. The van der Waals surface area contributed by atoms with Gasteiger partial charge in [0.05, 0.1) is 0 Å². The summed E-state index contributed by atoms with van der Waals surface area (Å²) >= 11 is 0. The van der Waals surface area contributed by atoms with Gasteiger partial charge in [-0.25, -0.2) is 0 Å². The van der Waals surface area contributed by atoms with Crippen LogP contribution in [-0.4, -0.2) is 12.3 Å². The number of fused-ring (bicyclic) bond motifs is 1. The van der Waals surface area contributed by atoms with Crippen LogP contribution in [-0.2, 0) is 13.0 Å². The van der Waals surface area contributed by atoms with E-state index in [0.717, 1.165) is 31.5 Å². The molecule has 1 aliphatic heterocycles. The number of carbonyl (C=O) groups excluding carboxylic acids is 1.